The topological polar surface area (TPSA) is 43.2 Å². The SMILES string of the molecule is Fc1cc(C2=NCCC2)ccc1OCc1cccc(COc2ccc(C3=NCCC3)cc2F)c1F. The summed E-state index contributed by atoms with van der Waals surface area (Å²) >= 11 is 0. The average Bonchev–Trinajstić information content (AvgIpc) is 3.59. The molecule has 0 saturated carbocycles. The fraction of sp³-hybridized carbons (Fsp3) is 0.286. The second-order valence-electron chi connectivity index (χ2n) is 8.62. The van der Waals surface area contributed by atoms with Crippen LogP contribution in [0.15, 0.2) is 64.6 Å². The Bertz CT molecular complexity index is 1210. The van der Waals surface area contributed by atoms with Crippen molar-refractivity contribution in [1.82, 2.24) is 0 Å². The van der Waals surface area contributed by atoms with E-state index in [1.54, 1.807) is 42.5 Å². The molecular formula is C28H25F3N2O2. The minimum Gasteiger partial charge on any atom is -0.486 e. The van der Waals surface area contributed by atoms with Crippen LogP contribution in [-0.4, -0.2) is 24.5 Å². The van der Waals surface area contributed by atoms with E-state index >= 15 is 4.39 Å². The Morgan fingerprint density at radius 2 is 1.14 bits per heavy atom. The molecule has 2 aliphatic heterocycles. The van der Waals surface area contributed by atoms with Crippen LogP contribution in [0.5, 0.6) is 11.5 Å². The van der Waals surface area contributed by atoms with Gasteiger partial charge in [-0.15, -0.1) is 0 Å². The van der Waals surface area contributed by atoms with Crippen LogP contribution in [-0.2, 0) is 13.2 Å². The predicted octanol–water partition coefficient (Wildman–Crippen LogP) is 6.43. The van der Waals surface area contributed by atoms with Crippen LogP contribution in [0.2, 0.25) is 0 Å². The Morgan fingerprint density at radius 1 is 0.657 bits per heavy atom. The predicted molar refractivity (Wildman–Crippen MR) is 129 cm³/mol. The highest BCUT2D eigenvalue weighted by molar-refractivity contribution is 6.02. The normalized spacial score (nSPS) is 15.2. The van der Waals surface area contributed by atoms with Crippen LogP contribution >= 0.6 is 0 Å². The first-order chi connectivity index (χ1) is 17.1. The van der Waals surface area contributed by atoms with Crippen molar-refractivity contribution < 1.29 is 22.6 Å². The van der Waals surface area contributed by atoms with E-state index in [1.165, 1.54) is 12.1 Å². The molecule has 0 aliphatic carbocycles. The number of ether oxygens (including phenoxy) is 2. The summed E-state index contributed by atoms with van der Waals surface area (Å²) in [6.07, 6.45) is 3.62. The maximum Gasteiger partial charge on any atom is 0.165 e. The number of hydrogen-bond donors (Lipinski definition) is 0. The summed E-state index contributed by atoms with van der Waals surface area (Å²) in [7, 11) is 0. The third-order valence-electron chi connectivity index (χ3n) is 6.20. The van der Waals surface area contributed by atoms with Crippen LogP contribution in [0.25, 0.3) is 0 Å². The molecule has 0 aromatic heterocycles. The van der Waals surface area contributed by atoms with Crippen molar-refractivity contribution in [1.29, 1.82) is 0 Å². The molecule has 0 amide bonds. The highest BCUT2D eigenvalue weighted by Crippen LogP contribution is 2.25. The fourth-order valence-corrected chi connectivity index (χ4v) is 4.31. The first-order valence-electron chi connectivity index (χ1n) is 11.8. The lowest BCUT2D eigenvalue weighted by atomic mass is 10.1. The van der Waals surface area contributed by atoms with Crippen molar-refractivity contribution in [2.75, 3.05) is 13.1 Å². The Labute approximate surface area is 202 Å². The lowest BCUT2D eigenvalue weighted by molar-refractivity contribution is 0.274. The molecule has 35 heavy (non-hydrogen) atoms. The van der Waals surface area contributed by atoms with Gasteiger partial charge in [0.2, 0.25) is 0 Å². The molecule has 0 fully saturated rings. The monoisotopic (exact) mass is 478 g/mol. The van der Waals surface area contributed by atoms with Crippen LogP contribution in [0.3, 0.4) is 0 Å². The van der Waals surface area contributed by atoms with E-state index in [0.717, 1.165) is 61.3 Å². The van der Waals surface area contributed by atoms with Crippen molar-refractivity contribution in [3.8, 4) is 11.5 Å². The van der Waals surface area contributed by atoms with Crippen LogP contribution in [0.4, 0.5) is 13.2 Å². The second-order valence-corrected chi connectivity index (χ2v) is 8.62. The van der Waals surface area contributed by atoms with E-state index < -0.39 is 17.5 Å². The van der Waals surface area contributed by atoms with Crippen LogP contribution < -0.4 is 9.47 Å². The van der Waals surface area contributed by atoms with Crippen molar-refractivity contribution in [3.63, 3.8) is 0 Å². The molecule has 2 heterocycles. The summed E-state index contributed by atoms with van der Waals surface area (Å²) in [5.41, 5.74) is 3.79. The van der Waals surface area contributed by atoms with Crippen molar-refractivity contribution in [2.45, 2.75) is 38.9 Å². The smallest absolute Gasteiger partial charge is 0.165 e. The van der Waals surface area contributed by atoms with E-state index in [4.69, 9.17) is 9.47 Å². The molecular weight excluding hydrogens is 453 g/mol. The third-order valence-corrected chi connectivity index (χ3v) is 6.20. The number of nitrogens with zero attached hydrogens (tertiary/aromatic N) is 2. The summed E-state index contributed by atoms with van der Waals surface area (Å²) in [6, 6.07) is 14.2. The van der Waals surface area contributed by atoms with Crippen LogP contribution in [0, 0.1) is 17.5 Å². The molecule has 0 radical (unpaired) electrons. The zero-order valence-electron chi connectivity index (χ0n) is 19.2. The average molecular weight is 479 g/mol. The molecule has 0 atom stereocenters. The molecule has 0 spiro atoms. The Morgan fingerprint density at radius 3 is 1.54 bits per heavy atom. The maximum atomic E-state index is 15.0. The van der Waals surface area contributed by atoms with Gasteiger partial charge in [-0.05, 0) is 73.2 Å². The van der Waals surface area contributed by atoms with Gasteiger partial charge in [0.05, 0.1) is 0 Å². The number of halogens is 3. The number of hydrogen-bond acceptors (Lipinski definition) is 4. The van der Waals surface area contributed by atoms with Gasteiger partial charge in [0.15, 0.2) is 23.1 Å². The van der Waals surface area contributed by atoms with Crippen molar-refractivity contribution in [3.05, 3.63) is 94.3 Å². The van der Waals surface area contributed by atoms with E-state index in [0.29, 0.717) is 0 Å². The highest BCUT2D eigenvalue weighted by atomic mass is 19.1. The number of aliphatic imine (C=N–C) groups is 2. The van der Waals surface area contributed by atoms with E-state index in [1.807, 2.05) is 0 Å². The fourth-order valence-electron chi connectivity index (χ4n) is 4.31. The molecule has 2 aliphatic rings. The number of benzene rings is 3. The van der Waals surface area contributed by atoms with Gasteiger partial charge in [-0.1, -0.05) is 18.2 Å². The minimum absolute atomic E-state index is 0.0439. The lowest BCUT2D eigenvalue weighted by Crippen LogP contribution is -2.06. The van der Waals surface area contributed by atoms with Crippen molar-refractivity contribution >= 4 is 11.4 Å². The van der Waals surface area contributed by atoms with Gasteiger partial charge in [0.1, 0.15) is 19.0 Å². The summed E-state index contributed by atoms with van der Waals surface area (Å²) in [5, 5.41) is 0. The molecule has 5 rings (SSSR count). The molecule has 3 aromatic carbocycles. The largest absolute Gasteiger partial charge is 0.486 e. The first kappa shape index (κ1) is 23.1. The summed E-state index contributed by atoms with van der Waals surface area (Å²) in [6.45, 7) is 1.23. The Hall–Kier alpha value is -3.61. The zero-order valence-corrected chi connectivity index (χ0v) is 19.2. The van der Waals surface area contributed by atoms with Gasteiger partial charge in [0, 0.05) is 35.6 Å². The standard InChI is InChI=1S/C28H25F3N2O2/c29-22-14-18(24-6-2-12-32-24)8-10-26(22)34-16-20-4-1-5-21(28(20)31)17-35-27-11-9-19(15-23(27)30)25-7-3-13-33-25/h1,4-5,8-11,14-15H,2-3,6-7,12-13,16-17H2. The van der Waals surface area contributed by atoms with Gasteiger partial charge in [0.25, 0.3) is 0 Å². The molecule has 4 nitrogen and oxygen atoms in total. The lowest BCUT2D eigenvalue weighted by Gasteiger charge is -2.13. The molecule has 0 saturated heterocycles. The van der Waals surface area contributed by atoms with E-state index in [2.05, 4.69) is 9.98 Å². The number of rotatable bonds is 8. The minimum atomic E-state index is -0.526. The van der Waals surface area contributed by atoms with E-state index in [-0.39, 0.29) is 35.8 Å². The summed E-state index contributed by atoms with van der Waals surface area (Å²) in [4.78, 5) is 8.76. The quantitative estimate of drug-likeness (QED) is 0.375. The van der Waals surface area contributed by atoms with E-state index in [9.17, 15) is 8.78 Å². The third kappa shape index (κ3) is 5.24. The van der Waals surface area contributed by atoms with Gasteiger partial charge in [-0.3, -0.25) is 9.98 Å². The maximum absolute atomic E-state index is 15.0. The Balaban J connectivity index is 1.23. The molecule has 0 bridgehead atoms. The van der Waals surface area contributed by atoms with Gasteiger partial charge >= 0.3 is 0 Å². The van der Waals surface area contributed by atoms with Gasteiger partial charge in [-0.2, -0.15) is 0 Å². The molecule has 0 unspecified atom stereocenters. The Kier molecular flexibility index (Phi) is 6.84. The van der Waals surface area contributed by atoms with Gasteiger partial charge < -0.3 is 9.47 Å². The molecule has 3 aromatic rings. The van der Waals surface area contributed by atoms with Crippen molar-refractivity contribution in [2.24, 2.45) is 9.98 Å². The molecule has 180 valence electrons. The first-order valence-corrected chi connectivity index (χ1v) is 11.8. The second kappa shape index (κ2) is 10.3. The summed E-state index contributed by atoms with van der Waals surface area (Å²) in [5.74, 6) is -1.47. The molecule has 7 heteroatoms. The summed E-state index contributed by atoms with van der Waals surface area (Å²) < 4.78 is 55.2. The highest BCUT2D eigenvalue weighted by Gasteiger charge is 2.16. The van der Waals surface area contributed by atoms with Gasteiger partial charge in [-0.25, -0.2) is 13.2 Å². The molecule has 0 N–H and O–H groups in total. The zero-order chi connectivity index (χ0) is 24.2. The van der Waals surface area contributed by atoms with Crippen LogP contribution in [0.1, 0.15) is 47.9 Å².